The van der Waals surface area contributed by atoms with Crippen LogP contribution in [0.4, 0.5) is 0 Å². The Morgan fingerprint density at radius 1 is 1.50 bits per heavy atom. The summed E-state index contributed by atoms with van der Waals surface area (Å²) in [6.45, 7) is 4.07. The van der Waals surface area contributed by atoms with Crippen LogP contribution in [0, 0.1) is 6.92 Å². The molecule has 3 heteroatoms. The van der Waals surface area contributed by atoms with Crippen molar-refractivity contribution in [1.82, 2.24) is 5.32 Å². The normalized spacial score (nSPS) is 18.2. The van der Waals surface area contributed by atoms with Gasteiger partial charge in [0.15, 0.2) is 0 Å². The van der Waals surface area contributed by atoms with E-state index in [0.29, 0.717) is 0 Å². The Kier molecular flexibility index (Phi) is 4.00. The molecular weight excluding hydrogens is 242 g/mol. The van der Waals surface area contributed by atoms with Crippen LogP contribution in [0.1, 0.15) is 30.9 Å². The van der Waals surface area contributed by atoms with Crippen molar-refractivity contribution in [3.63, 3.8) is 0 Å². The van der Waals surface area contributed by atoms with Gasteiger partial charge in [-0.05, 0) is 44.9 Å². The van der Waals surface area contributed by atoms with Crippen LogP contribution in [-0.4, -0.2) is 23.0 Å². The van der Waals surface area contributed by atoms with E-state index in [4.69, 9.17) is 0 Å². The van der Waals surface area contributed by atoms with E-state index in [1.54, 1.807) is 11.8 Å². The summed E-state index contributed by atoms with van der Waals surface area (Å²) in [5.74, 6) is 0.174. The van der Waals surface area contributed by atoms with Gasteiger partial charge in [0.1, 0.15) is 0 Å². The summed E-state index contributed by atoms with van der Waals surface area (Å²) in [6.07, 6.45) is 5.15. The Balaban J connectivity index is 1.98. The largest absolute Gasteiger partial charge is 0.349 e. The molecule has 1 fully saturated rings. The number of nitrogens with one attached hydrogen (secondary N) is 1. The van der Waals surface area contributed by atoms with Gasteiger partial charge in [-0.1, -0.05) is 29.8 Å². The minimum absolute atomic E-state index is 0.0366. The smallest absolute Gasteiger partial charge is 0.233 e. The van der Waals surface area contributed by atoms with E-state index < -0.39 is 0 Å². The van der Waals surface area contributed by atoms with Crippen LogP contribution < -0.4 is 5.32 Å². The van der Waals surface area contributed by atoms with Gasteiger partial charge >= 0.3 is 0 Å². The maximum absolute atomic E-state index is 12.0. The highest BCUT2D eigenvalue weighted by Crippen LogP contribution is 2.39. The van der Waals surface area contributed by atoms with Crippen LogP contribution in [0.3, 0.4) is 0 Å². The summed E-state index contributed by atoms with van der Waals surface area (Å²) in [7, 11) is 0. The number of aryl methyl sites for hydroxylation is 1. The summed E-state index contributed by atoms with van der Waals surface area (Å²) in [4.78, 5) is 12.0. The predicted molar refractivity (Wildman–Crippen MR) is 78.0 cm³/mol. The van der Waals surface area contributed by atoms with Crippen LogP contribution in [0.15, 0.2) is 24.3 Å². The molecule has 1 N–H and O–H groups in total. The van der Waals surface area contributed by atoms with Gasteiger partial charge in [0.05, 0.1) is 5.25 Å². The lowest BCUT2D eigenvalue weighted by Gasteiger charge is -2.20. The van der Waals surface area contributed by atoms with Crippen molar-refractivity contribution in [3.8, 4) is 0 Å². The van der Waals surface area contributed by atoms with Gasteiger partial charge in [-0.3, -0.25) is 4.79 Å². The molecule has 2 rings (SSSR count). The molecule has 1 amide bonds. The zero-order valence-corrected chi connectivity index (χ0v) is 12.1. The molecule has 0 aromatic heterocycles. The lowest BCUT2D eigenvalue weighted by atomic mass is 10.0. The minimum atomic E-state index is 0.0366. The zero-order valence-electron chi connectivity index (χ0n) is 11.3. The van der Waals surface area contributed by atoms with E-state index in [2.05, 4.69) is 36.5 Å². The molecule has 0 bridgehead atoms. The van der Waals surface area contributed by atoms with Crippen molar-refractivity contribution < 1.29 is 4.79 Å². The summed E-state index contributed by atoms with van der Waals surface area (Å²) < 4.78 is 0. The van der Waals surface area contributed by atoms with Gasteiger partial charge in [-0.2, -0.15) is 11.8 Å². The van der Waals surface area contributed by atoms with Crippen LogP contribution >= 0.6 is 11.8 Å². The number of benzene rings is 1. The molecule has 1 aromatic rings. The summed E-state index contributed by atoms with van der Waals surface area (Å²) in [6, 6.07) is 8.56. The quantitative estimate of drug-likeness (QED) is 0.885. The molecule has 1 saturated carbocycles. The molecule has 0 spiro atoms. The number of carbonyl (C=O) groups is 1. The molecule has 0 aliphatic heterocycles. The van der Waals surface area contributed by atoms with E-state index >= 15 is 0 Å². The number of amides is 1. The Labute approximate surface area is 114 Å². The van der Waals surface area contributed by atoms with E-state index in [1.807, 2.05) is 13.2 Å². The molecule has 98 valence electrons. The molecule has 2 nitrogen and oxygen atoms in total. The third-order valence-electron chi connectivity index (χ3n) is 3.59. The highest BCUT2D eigenvalue weighted by atomic mass is 32.2. The number of hydrogen-bond donors (Lipinski definition) is 1. The Morgan fingerprint density at radius 2 is 2.22 bits per heavy atom. The molecule has 0 saturated heterocycles. The predicted octanol–water partition coefficient (Wildman–Crippen LogP) is 2.94. The van der Waals surface area contributed by atoms with Gasteiger partial charge in [-0.15, -0.1) is 0 Å². The number of thioether (sulfide) groups is 1. The molecule has 1 aliphatic carbocycles. The second-order valence-corrected chi connectivity index (χ2v) is 6.49. The van der Waals surface area contributed by atoms with Crippen LogP contribution in [0.2, 0.25) is 0 Å². The molecule has 1 atom stereocenters. The molecule has 1 aromatic carbocycles. The van der Waals surface area contributed by atoms with Crippen LogP contribution in [0.5, 0.6) is 0 Å². The SMILES string of the molecule is CS[C@@H](C)C(=O)NC1(Cc2cccc(C)c2)CC1. The van der Waals surface area contributed by atoms with Crippen molar-refractivity contribution in [3.05, 3.63) is 35.4 Å². The lowest BCUT2D eigenvalue weighted by molar-refractivity contribution is -0.121. The van der Waals surface area contributed by atoms with Crippen molar-refractivity contribution in [2.75, 3.05) is 6.26 Å². The maximum atomic E-state index is 12.0. The number of rotatable bonds is 5. The van der Waals surface area contributed by atoms with Gasteiger partial charge in [-0.25, -0.2) is 0 Å². The van der Waals surface area contributed by atoms with Crippen molar-refractivity contribution in [2.24, 2.45) is 0 Å². The van der Waals surface area contributed by atoms with Gasteiger partial charge in [0.25, 0.3) is 0 Å². The first-order chi connectivity index (χ1) is 8.54. The molecule has 0 radical (unpaired) electrons. The fourth-order valence-corrected chi connectivity index (χ4v) is 2.45. The zero-order chi connectivity index (χ0) is 13.2. The number of hydrogen-bond acceptors (Lipinski definition) is 2. The molecule has 18 heavy (non-hydrogen) atoms. The summed E-state index contributed by atoms with van der Waals surface area (Å²) >= 11 is 1.60. The highest BCUT2D eigenvalue weighted by molar-refractivity contribution is 7.99. The fourth-order valence-electron chi connectivity index (χ4n) is 2.18. The molecular formula is C15H21NOS. The first-order valence-corrected chi connectivity index (χ1v) is 7.74. The third kappa shape index (κ3) is 3.29. The van der Waals surface area contributed by atoms with Crippen molar-refractivity contribution >= 4 is 17.7 Å². The fraction of sp³-hybridized carbons (Fsp3) is 0.533. The topological polar surface area (TPSA) is 29.1 Å². The standard InChI is InChI=1S/C15H21NOS/c1-11-5-4-6-13(9-11)10-15(7-8-15)16-14(17)12(2)18-3/h4-6,9,12H,7-8,10H2,1-3H3,(H,16,17)/t12-/m0/s1. The lowest BCUT2D eigenvalue weighted by Crippen LogP contribution is -2.42. The van der Waals surface area contributed by atoms with E-state index in [-0.39, 0.29) is 16.7 Å². The average molecular weight is 263 g/mol. The molecule has 1 aliphatic rings. The molecule has 0 unspecified atom stereocenters. The summed E-state index contributed by atoms with van der Waals surface area (Å²) in [5.41, 5.74) is 2.64. The van der Waals surface area contributed by atoms with E-state index in [0.717, 1.165) is 19.3 Å². The van der Waals surface area contributed by atoms with E-state index in [1.165, 1.54) is 11.1 Å². The van der Waals surface area contributed by atoms with Crippen molar-refractivity contribution in [2.45, 2.75) is 43.9 Å². The summed E-state index contributed by atoms with van der Waals surface area (Å²) in [5, 5.41) is 3.27. The van der Waals surface area contributed by atoms with Gasteiger partial charge in [0.2, 0.25) is 5.91 Å². The second-order valence-electron chi connectivity index (χ2n) is 5.31. The Bertz CT molecular complexity index is 440. The minimum Gasteiger partial charge on any atom is -0.349 e. The molecule has 0 heterocycles. The average Bonchev–Trinajstić information content (AvgIpc) is 3.07. The Morgan fingerprint density at radius 3 is 2.78 bits per heavy atom. The van der Waals surface area contributed by atoms with Gasteiger partial charge in [0, 0.05) is 5.54 Å². The monoisotopic (exact) mass is 263 g/mol. The Hall–Kier alpha value is -0.960. The van der Waals surface area contributed by atoms with Gasteiger partial charge < -0.3 is 5.32 Å². The highest BCUT2D eigenvalue weighted by Gasteiger charge is 2.44. The second kappa shape index (κ2) is 5.35. The van der Waals surface area contributed by atoms with Crippen molar-refractivity contribution in [1.29, 1.82) is 0 Å². The van der Waals surface area contributed by atoms with E-state index in [9.17, 15) is 4.79 Å². The maximum Gasteiger partial charge on any atom is 0.233 e. The third-order valence-corrected chi connectivity index (χ3v) is 4.51. The first-order valence-electron chi connectivity index (χ1n) is 6.45. The first kappa shape index (κ1) is 13.5. The number of carbonyl (C=O) groups excluding carboxylic acids is 1. The van der Waals surface area contributed by atoms with Crippen LogP contribution in [-0.2, 0) is 11.2 Å². The van der Waals surface area contributed by atoms with Crippen LogP contribution in [0.25, 0.3) is 0 Å².